The van der Waals surface area contributed by atoms with E-state index in [-0.39, 0.29) is 22.8 Å². The molecule has 0 unspecified atom stereocenters. The lowest BCUT2D eigenvalue weighted by Gasteiger charge is -2.59. The van der Waals surface area contributed by atoms with Gasteiger partial charge in [0.2, 0.25) is 0 Å². The maximum atomic E-state index is 13.5. The van der Waals surface area contributed by atoms with E-state index in [0.29, 0.717) is 41.8 Å². The molecular formula is C47H60N2O4. The van der Waals surface area contributed by atoms with Gasteiger partial charge in [-0.2, -0.15) is 0 Å². The average Bonchev–Trinajstić information content (AvgIpc) is 3.95. The van der Waals surface area contributed by atoms with E-state index in [2.05, 4.69) is 34.1 Å². The monoisotopic (exact) mass is 716 g/mol. The van der Waals surface area contributed by atoms with Crippen LogP contribution in [0.15, 0.2) is 36.4 Å². The lowest BCUT2D eigenvalue weighted by Crippen LogP contribution is -2.61. The quantitative estimate of drug-likeness (QED) is 0.202. The van der Waals surface area contributed by atoms with Gasteiger partial charge in [0.05, 0.1) is 11.8 Å². The maximum absolute atomic E-state index is 13.5. The Labute approximate surface area is 316 Å². The number of carbonyl (C=O) groups is 2. The summed E-state index contributed by atoms with van der Waals surface area (Å²) in [6, 6.07) is 14.3. The number of hydrogen-bond donors (Lipinski definition) is 0. The van der Waals surface area contributed by atoms with Gasteiger partial charge in [-0.15, -0.1) is 0 Å². The minimum Gasteiger partial charge on any atom is -0.426 e. The molecule has 5 saturated carbocycles. The summed E-state index contributed by atoms with van der Waals surface area (Å²) in [7, 11) is 0. The molecule has 0 radical (unpaired) electrons. The van der Waals surface area contributed by atoms with E-state index in [1.165, 1.54) is 151 Å². The van der Waals surface area contributed by atoms with E-state index >= 15 is 0 Å². The van der Waals surface area contributed by atoms with Gasteiger partial charge >= 0.3 is 11.9 Å². The first kappa shape index (κ1) is 33.6. The third-order valence-corrected chi connectivity index (χ3v) is 17.1. The van der Waals surface area contributed by atoms with E-state index in [1.807, 2.05) is 12.1 Å². The zero-order valence-electron chi connectivity index (χ0n) is 31.9. The maximum Gasteiger partial charge on any atom is 0.315 e. The molecule has 7 aliphatic carbocycles. The summed E-state index contributed by atoms with van der Waals surface area (Å²) >= 11 is 0. The Balaban J connectivity index is 0.763. The summed E-state index contributed by atoms with van der Waals surface area (Å²) in [6.45, 7) is 5.00. The van der Waals surface area contributed by atoms with Gasteiger partial charge in [0.15, 0.2) is 0 Å². The van der Waals surface area contributed by atoms with Crippen LogP contribution in [0.25, 0.3) is 0 Å². The van der Waals surface area contributed by atoms with E-state index in [1.54, 1.807) is 0 Å². The van der Waals surface area contributed by atoms with Crippen molar-refractivity contribution in [2.24, 2.45) is 35.5 Å². The number of hydrogen-bond acceptors (Lipinski definition) is 6. The van der Waals surface area contributed by atoms with Crippen molar-refractivity contribution in [3.05, 3.63) is 58.7 Å². The minimum atomic E-state index is -0.419. The number of ether oxygens (including phenoxy) is 2. The first-order valence-corrected chi connectivity index (χ1v) is 22.2. The van der Waals surface area contributed by atoms with Crippen molar-refractivity contribution >= 4 is 11.9 Å². The third-order valence-electron chi connectivity index (χ3n) is 17.1. The molecule has 9 aliphatic rings. The summed E-state index contributed by atoms with van der Waals surface area (Å²) < 4.78 is 12.2. The molecule has 53 heavy (non-hydrogen) atoms. The van der Waals surface area contributed by atoms with Crippen LogP contribution in [0.1, 0.15) is 131 Å². The minimum absolute atomic E-state index is 0.223. The Bertz CT molecular complexity index is 1650. The molecular weight excluding hydrogens is 657 g/mol. The zero-order chi connectivity index (χ0) is 35.3. The molecule has 11 rings (SSSR count). The van der Waals surface area contributed by atoms with E-state index < -0.39 is 11.8 Å². The zero-order valence-corrected chi connectivity index (χ0v) is 31.9. The Morgan fingerprint density at radius 3 is 1.49 bits per heavy atom. The van der Waals surface area contributed by atoms with Gasteiger partial charge < -0.3 is 9.47 Å². The van der Waals surface area contributed by atoms with E-state index in [0.717, 1.165) is 24.7 Å². The lowest BCUT2D eigenvalue weighted by molar-refractivity contribution is -0.141. The molecule has 6 nitrogen and oxygen atoms in total. The number of esters is 2. The number of piperidine rings is 2. The molecule has 2 aromatic carbocycles. The molecule has 7 fully saturated rings. The van der Waals surface area contributed by atoms with Gasteiger partial charge in [-0.1, -0.05) is 50.7 Å². The van der Waals surface area contributed by atoms with Gasteiger partial charge in [0.1, 0.15) is 11.5 Å². The predicted molar refractivity (Wildman–Crippen MR) is 205 cm³/mol. The van der Waals surface area contributed by atoms with Crippen LogP contribution in [0, 0.1) is 35.5 Å². The first-order valence-electron chi connectivity index (χ1n) is 22.2. The van der Waals surface area contributed by atoms with Gasteiger partial charge in [-0.05, 0) is 167 Å². The van der Waals surface area contributed by atoms with Crippen LogP contribution < -0.4 is 9.47 Å². The molecule has 2 saturated heterocycles. The molecule has 0 amide bonds. The highest BCUT2D eigenvalue weighted by atomic mass is 16.5. The average molecular weight is 717 g/mol. The lowest BCUT2D eigenvalue weighted by atomic mass is 9.52. The molecule has 2 heterocycles. The van der Waals surface area contributed by atoms with E-state index in [9.17, 15) is 9.59 Å². The van der Waals surface area contributed by atoms with Crippen LogP contribution >= 0.6 is 0 Å². The van der Waals surface area contributed by atoms with Crippen molar-refractivity contribution in [1.29, 1.82) is 0 Å². The molecule has 0 aromatic heterocycles. The fourth-order valence-corrected chi connectivity index (χ4v) is 13.8. The van der Waals surface area contributed by atoms with Crippen LogP contribution in [0.3, 0.4) is 0 Å². The first-order chi connectivity index (χ1) is 26.0. The smallest absolute Gasteiger partial charge is 0.315 e. The van der Waals surface area contributed by atoms with Crippen LogP contribution in [0.4, 0.5) is 0 Å². The molecule has 4 bridgehead atoms. The number of likely N-dealkylation sites (tertiary alicyclic amines) is 2. The molecule has 8 atom stereocenters. The van der Waals surface area contributed by atoms with Crippen molar-refractivity contribution < 1.29 is 19.1 Å². The van der Waals surface area contributed by atoms with Crippen LogP contribution in [0.2, 0.25) is 0 Å². The molecule has 282 valence electrons. The Kier molecular flexibility index (Phi) is 8.20. The normalized spacial score (nSPS) is 37.5. The second-order valence-corrected chi connectivity index (χ2v) is 19.6. The molecule has 2 aliphatic heterocycles. The summed E-state index contributed by atoms with van der Waals surface area (Å²) in [6.07, 6.45) is 24.2. The summed E-state index contributed by atoms with van der Waals surface area (Å²) in [5.41, 5.74) is 6.31. The fraction of sp³-hybridized carbons (Fsp3) is 0.702. The van der Waals surface area contributed by atoms with Gasteiger partial charge in [0, 0.05) is 36.0 Å². The number of carbonyl (C=O) groups excluding carboxylic acids is 2. The standard InChI is InChI=1S/C47H60N2O4/c50-44(52-34-15-13-32-23-42-38-11-1-3-17-46(38,40(32)25-34)19-21-48(42)28-30-7-5-8-30)36-27-37(36)45(51)53-35-16-14-33-24-43-39-12-2-4-18-47(39,41(33)26-35)20-22-49(43)29-31-9-6-10-31/h13-16,25-26,30-31,36-39,42-43H,1-12,17-24,27-29H2/t36-,37+,38-,39-,42-,43-,46+,47+/m0/s1. The number of nitrogens with zero attached hydrogens (tertiary/aromatic N) is 2. The largest absolute Gasteiger partial charge is 0.426 e. The van der Waals surface area contributed by atoms with Crippen molar-refractivity contribution in [2.75, 3.05) is 26.2 Å². The van der Waals surface area contributed by atoms with Crippen LogP contribution in [-0.4, -0.2) is 60.0 Å². The molecule has 6 heteroatoms. The molecule has 0 N–H and O–H groups in total. The van der Waals surface area contributed by atoms with Gasteiger partial charge in [-0.3, -0.25) is 19.4 Å². The predicted octanol–water partition coefficient (Wildman–Crippen LogP) is 8.55. The second kappa shape index (κ2) is 12.9. The summed E-state index contributed by atoms with van der Waals surface area (Å²) in [5, 5.41) is 0. The SMILES string of the molecule is O=C(Oc1ccc2c(c1)[C@@]13CCCC[C@H]1[C@H](C2)N(CC1CCC1)CC3)[C@H]1C[C@H]1C(=O)Oc1ccc2c(c1)[C@@]13CCCC[C@H]1[C@H](C2)N(CC1CCC1)CC3. The van der Waals surface area contributed by atoms with Crippen molar-refractivity contribution in [3.8, 4) is 11.5 Å². The highest BCUT2D eigenvalue weighted by Gasteiger charge is 2.56. The Morgan fingerprint density at radius 2 is 1.06 bits per heavy atom. The highest BCUT2D eigenvalue weighted by molar-refractivity contribution is 5.89. The topological polar surface area (TPSA) is 59.1 Å². The molecule has 0 spiro atoms. The second-order valence-electron chi connectivity index (χ2n) is 19.6. The number of benzene rings is 2. The van der Waals surface area contributed by atoms with Crippen molar-refractivity contribution in [1.82, 2.24) is 9.80 Å². The highest BCUT2D eigenvalue weighted by Crippen LogP contribution is 2.58. The summed E-state index contributed by atoms with van der Waals surface area (Å²) in [4.78, 5) is 32.8. The number of rotatable bonds is 8. The fourth-order valence-electron chi connectivity index (χ4n) is 13.8. The molecule has 2 aromatic rings. The Hall–Kier alpha value is -2.70. The van der Waals surface area contributed by atoms with Gasteiger partial charge in [-0.25, -0.2) is 0 Å². The third kappa shape index (κ3) is 5.52. The number of fused-ring (bicyclic) bond motifs is 2. The Morgan fingerprint density at radius 1 is 0.585 bits per heavy atom. The van der Waals surface area contributed by atoms with Crippen molar-refractivity contribution in [3.63, 3.8) is 0 Å². The summed E-state index contributed by atoms with van der Waals surface area (Å²) in [5.74, 6) is 3.18. The van der Waals surface area contributed by atoms with Crippen LogP contribution in [0.5, 0.6) is 11.5 Å². The van der Waals surface area contributed by atoms with Gasteiger partial charge in [0.25, 0.3) is 0 Å². The van der Waals surface area contributed by atoms with Crippen LogP contribution in [-0.2, 0) is 33.3 Å². The van der Waals surface area contributed by atoms with Crippen molar-refractivity contribution in [2.45, 2.75) is 145 Å². The van der Waals surface area contributed by atoms with E-state index in [4.69, 9.17) is 9.47 Å².